The zero-order chi connectivity index (χ0) is 34.5. The van der Waals surface area contributed by atoms with Gasteiger partial charge in [-0.05, 0) is 140 Å². The minimum Gasteiger partial charge on any atom is -0.456 e. The molecular weight excluding hydrogens is 582 g/mol. The molecule has 6 rings (SSSR count). The Balaban J connectivity index is 1.34. The molecule has 1 aromatic carbocycles. The Morgan fingerprint density at radius 3 is 2.21 bits per heavy atom. The van der Waals surface area contributed by atoms with E-state index in [0.717, 1.165) is 37.7 Å². The molecule has 5 aliphatic carbocycles. The van der Waals surface area contributed by atoms with Gasteiger partial charge in [0.05, 0.1) is 11.7 Å². The third-order valence-corrected chi connectivity index (χ3v) is 14.8. The van der Waals surface area contributed by atoms with E-state index in [2.05, 4.69) is 66.7 Å². The molecule has 0 aliphatic heterocycles. The molecule has 5 heteroatoms. The average molecular weight is 644 g/mol. The van der Waals surface area contributed by atoms with E-state index in [0.29, 0.717) is 29.7 Å². The van der Waals surface area contributed by atoms with E-state index in [1.807, 2.05) is 32.9 Å². The fourth-order valence-corrected chi connectivity index (χ4v) is 12.5. The Hall–Kier alpha value is -2.24. The second-order valence-corrected chi connectivity index (χ2v) is 18.7. The molecule has 0 amide bonds. The number of aliphatic hydroxyl groups excluding tert-OH is 1. The lowest BCUT2D eigenvalue weighted by Gasteiger charge is -2.71. The molecule has 3 saturated carbocycles. The van der Waals surface area contributed by atoms with Crippen LogP contribution < -0.4 is 5.73 Å². The van der Waals surface area contributed by atoms with Crippen molar-refractivity contribution in [1.29, 1.82) is 0 Å². The zero-order valence-corrected chi connectivity index (χ0v) is 30.9. The highest BCUT2D eigenvalue weighted by Crippen LogP contribution is 2.77. The van der Waals surface area contributed by atoms with Crippen LogP contribution in [-0.2, 0) is 9.53 Å². The molecule has 3 N–H and O–H groups in total. The number of Topliss-reactive ketones (excluding diaryl/α,β-unsaturated/α-hetero) is 1. The lowest BCUT2D eigenvalue weighted by atomic mass is 9.33. The van der Waals surface area contributed by atoms with Gasteiger partial charge in [0, 0.05) is 18.4 Å². The molecule has 47 heavy (non-hydrogen) atoms. The van der Waals surface area contributed by atoms with Gasteiger partial charge in [-0.25, -0.2) is 4.79 Å². The van der Waals surface area contributed by atoms with Crippen molar-refractivity contribution in [2.75, 3.05) is 6.54 Å². The number of fused-ring (bicyclic) bond motifs is 7. The average Bonchev–Trinajstić information content (AvgIpc) is 3.29. The number of esters is 1. The Morgan fingerprint density at radius 2 is 1.62 bits per heavy atom. The number of aliphatic hydroxyl groups is 1. The van der Waals surface area contributed by atoms with Crippen molar-refractivity contribution in [3.05, 3.63) is 52.6 Å². The maximum Gasteiger partial charge on any atom is 0.338 e. The van der Waals surface area contributed by atoms with Gasteiger partial charge in [-0.2, -0.15) is 0 Å². The van der Waals surface area contributed by atoms with E-state index in [4.69, 9.17) is 10.5 Å². The number of nitrogens with two attached hydrogens (primary N) is 1. The van der Waals surface area contributed by atoms with Gasteiger partial charge in [-0.1, -0.05) is 72.2 Å². The number of ketones is 1. The summed E-state index contributed by atoms with van der Waals surface area (Å²) in [4.78, 5) is 26.4. The Kier molecular flexibility index (Phi) is 8.20. The van der Waals surface area contributed by atoms with Crippen LogP contribution in [0.4, 0.5) is 0 Å². The van der Waals surface area contributed by atoms with E-state index < -0.39 is 17.1 Å². The van der Waals surface area contributed by atoms with Crippen LogP contribution >= 0.6 is 0 Å². The number of ether oxygens (including phenoxy) is 1. The monoisotopic (exact) mass is 643 g/mol. The molecule has 8 atom stereocenters. The number of hydrogen-bond acceptors (Lipinski definition) is 5. The first-order valence-electron chi connectivity index (χ1n) is 18.5. The second-order valence-electron chi connectivity index (χ2n) is 18.7. The molecule has 0 radical (unpaired) electrons. The highest BCUT2D eigenvalue weighted by molar-refractivity contribution is 6.00. The third-order valence-electron chi connectivity index (χ3n) is 14.8. The molecule has 1 aromatic rings. The van der Waals surface area contributed by atoms with Gasteiger partial charge in [0.25, 0.3) is 0 Å². The maximum atomic E-state index is 13.7. The quantitative estimate of drug-likeness (QED) is 0.313. The van der Waals surface area contributed by atoms with E-state index in [1.165, 1.54) is 29.6 Å². The second kappa shape index (κ2) is 11.1. The van der Waals surface area contributed by atoms with Crippen molar-refractivity contribution in [3.63, 3.8) is 0 Å². The largest absolute Gasteiger partial charge is 0.456 e. The van der Waals surface area contributed by atoms with Gasteiger partial charge in [-0.15, -0.1) is 0 Å². The van der Waals surface area contributed by atoms with Crippen LogP contribution in [0.25, 0.3) is 5.57 Å². The van der Waals surface area contributed by atoms with Gasteiger partial charge in [0.15, 0.2) is 5.78 Å². The van der Waals surface area contributed by atoms with Crippen LogP contribution in [0.5, 0.6) is 0 Å². The Bertz CT molecular complexity index is 1510. The van der Waals surface area contributed by atoms with Crippen LogP contribution in [0.1, 0.15) is 137 Å². The summed E-state index contributed by atoms with van der Waals surface area (Å²) in [7, 11) is 0. The van der Waals surface area contributed by atoms with Gasteiger partial charge in [-0.3, -0.25) is 4.79 Å². The van der Waals surface area contributed by atoms with Crippen molar-refractivity contribution < 1.29 is 19.4 Å². The van der Waals surface area contributed by atoms with E-state index in [-0.39, 0.29) is 45.9 Å². The van der Waals surface area contributed by atoms with Crippen LogP contribution in [0.15, 0.2) is 41.5 Å². The van der Waals surface area contributed by atoms with Crippen LogP contribution in [0.3, 0.4) is 0 Å². The summed E-state index contributed by atoms with van der Waals surface area (Å²) in [5.74, 6) is 1.56. The van der Waals surface area contributed by atoms with Gasteiger partial charge in [0.2, 0.25) is 0 Å². The molecule has 0 spiro atoms. The lowest BCUT2D eigenvalue weighted by Crippen LogP contribution is -2.64. The summed E-state index contributed by atoms with van der Waals surface area (Å²) in [6, 6.07) is 8.07. The van der Waals surface area contributed by atoms with Crippen molar-refractivity contribution >= 4 is 17.3 Å². The molecule has 5 aliphatic rings. The standard InChI is InChI=1S/C42H61NO4/c1-25(2)34-30(44)23-42(33(45)24-43)22-21-40(9)29(35(34)42)15-16-32-39(8)19-17-28(38(6,7)31(39)18-20-41(32,40)10)26-11-13-27(14-12-26)36(46)47-37(3,4)5/h11-14,17,25,29,31-33,45H,15-16,18-24,43H2,1-10H3/t29-,31+,32-,33+,39+,40-,41-,42+/m1/s1. The molecule has 0 saturated heterocycles. The Morgan fingerprint density at radius 1 is 0.957 bits per heavy atom. The lowest BCUT2D eigenvalue weighted by molar-refractivity contribution is -0.200. The fraction of sp³-hybridized carbons (Fsp3) is 0.714. The van der Waals surface area contributed by atoms with Crippen molar-refractivity contribution in [1.82, 2.24) is 0 Å². The summed E-state index contributed by atoms with van der Waals surface area (Å²) in [6.45, 7) is 22.9. The fourth-order valence-electron chi connectivity index (χ4n) is 12.5. The highest BCUT2D eigenvalue weighted by atomic mass is 16.6. The molecular formula is C42H61NO4. The molecule has 258 valence electrons. The van der Waals surface area contributed by atoms with Crippen molar-refractivity contribution in [3.8, 4) is 0 Å². The number of rotatable bonds is 5. The highest BCUT2D eigenvalue weighted by Gasteiger charge is 2.70. The summed E-state index contributed by atoms with van der Waals surface area (Å²) < 4.78 is 5.62. The summed E-state index contributed by atoms with van der Waals surface area (Å²) >= 11 is 0. The smallest absolute Gasteiger partial charge is 0.338 e. The maximum absolute atomic E-state index is 13.7. The first kappa shape index (κ1) is 34.6. The SMILES string of the molecule is CC(C)C1=C2[C@H]3CC[C@@H]4[C@@]5(C)CC=C(c6ccc(C(=O)OC(C)(C)C)cc6)C(C)(C)[C@@H]5CC[C@@]4(C)[C@]3(C)CC[C@@]2([C@@H](O)CN)CC1=O. The number of allylic oxidation sites excluding steroid dienone is 3. The third kappa shape index (κ3) is 4.90. The molecule has 0 aromatic heterocycles. The van der Waals surface area contributed by atoms with Crippen LogP contribution in [0, 0.1) is 50.7 Å². The van der Waals surface area contributed by atoms with Gasteiger partial charge < -0.3 is 15.6 Å². The number of carbonyl (C=O) groups is 2. The predicted octanol–water partition coefficient (Wildman–Crippen LogP) is 8.94. The Labute approximate surface area is 284 Å². The van der Waals surface area contributed by atoms with Crippen molar-refractivity contribution in [2.24, 2.45) is 56.5 Å². The molecule has 5 nitrogen and oxygen atoms in total. The van der Waals surface area contributed by atoms with Crippen molar-refractivity contribution in [2.45, 2.75) is 132 Å². The number of benzene rings is 1. The first-order valence-corrected chi connectivity index (χ1v) is 18.5. The molecule has 3 fully saturated rings. The first-order chi connectivity index (χ1) is 21.8. The molecule has 0 heterocycles. The zero-order valence-electron chi connectivity index (χ0n) is 30.9. The normalized spacial score (nSPS) is 38.6. The van der Waals surface area contributed by atoms with E-state index in [1.54, 1.807) is 0 Å². The molecule has 0 unspecified atom stereocenters. The predicted molar refractivity (Wildman–Crippen MR) is 189 cm³/mol. The van der Waals surface area contributed by atoms with Crippen LogP contribution in [0.2, 0.25) is 0 Å². The van der Waals surface area contributed by atoms with Gasteiger partial charge in [0.1, 0.15) is 5.60 Å². The molecule has 0 bridgehead atoms. The summed E-state index contributed by atoms with van der Waals surface area (Å²) in [5.41, 5.74) is 11.0. The summed E-state index contributed by atoms with van der Waals surface area (Å²) in [5, 5.41) is 11.4. The minimum atomic E-state index is -0.665. The number of carbonyl (C=O) groups excluding carboxylic acids is 2. The summed E-state index contributed by atoms with van der Waals surface area (Å²) in [6.07, 6.45) is 9.85. The topological polar surface area (TPSA) is 89.6 Å². The van der Waals surface area contributed by atoms with Gasteiger partial charge >= 0.3 is 5.97 Å². The van der Waals surface area contributed by atoms with E-state index in [9.17, 15) is 14.7 Å². The number of hydrogen-bond donors (Lipinski definition) is 2. The van der Waals surface area contributed by atoms with E-state index >= 15 is 0 Å². The minimum absolute atomic E-state index is 0.0162. The van der Waals surface area contributed by atoms with Crippen LogP contribution in [-0.4, -0.2) is 35.1 Å².